The molecule has 1 heterocycles. The molecule has 6 heteroatoms. The summed E-state index contributed by atoms with van der Waals surface area (Å²) in [6, 6.07) is 1.44. The predicted octanol–water partition coefficient (Wildman–Crippen LogP) is 1.28. The van der Waals surface area contributed by atoms with Gasteiger partial charge in [0.2, 0.25) is 10.0 Å². The van der Waals surface area contributed by atoms with Crippen LogP contribution in [0.3, 0.4) is 0 Å². The Morgan fingerprint density at radius 3 is 2.70 bits per heavy atom. The average Bonchev–Trinajstić information content (AvgIpc) is 2.35. The van der Waals surface area contributed by atoms with E-state index in [-0.39, 0.29) is 11.5 Å². The van der Waals surface area contributed by atoms with Crippen molar-refractivity contribution in [2.24, 2.45) is 0 Å². The summed E-state index contributed by atoms with van der Waals surface area (Å²) >= 11 is 0. The lowest BCUT2D eigenvalue weighted by atomic mass is 10.0. The van der Waals surface area contributed by atoms with Gasteiger partial charge in [0.25, 0.3) is 0 Å². The number of hydrogen-bond acceptors (Lipinski definition) is 4. The Morgan fingerprint density at radius 1 is 1.40 bits per heavy atom. The smallest absolute Gasteiger partial charge is 0.242 e. The Kier molecular flexibility index (Phi) is 5.69. The van der Waals surface area contributed by atoms with Gasteiger partial charge in [-0.2, -0.15) is 0 Å². The first-order valence-electron chi connectivity index (χ1n) is 6.39. The second kappa shape index (κ2) is 6.84. The molecule has 1 aromatic heterocycles. The minimum atomic E-state index is -3.63. The second-order valence-corrected chi connectivity index (χ2v) is 6.79. The Hall–Kier alpha value is -1.42. The largest absolute Gasteiger partial charge is 0.384 e. The fraction of sp³-hybridized carbons (Fsp3) is 0.500. The standard InChI is InChI=1S/C14H20N2O3S/c1-4-7-14(2,3)16-20(18,19)13-9-12(6-5-8-17)10-15-11-13/h9-11,16-17H,4,7-8H2,1-3H3. The van der Waals surface area contributed by atoms with E-state index in [2.05, 4.69) is 21.5 Å². The maximum absolute atomic E-state index is 12.3. The molecule has 0 atom stereocenters. The van der Waals surface area contributed by atoms with E-state index in [1.165, 1.54) is 18.5 Å². The summed E-state index contributed by atoms with van der Waals surface area (Å²) in [6.07, 6.45) is 4.37. The molecular formula is C14H20N2O3S. The minimum Gasteiger partial charge on any atom is -0.384 e. The van der Waals surface area contributed by atoms with Crippen molar-refractivity contribution in [2.45, 2.75) is 44.0 Å². The van der Waals surface area contributed by atoms with Gasteiger partial charge in [0, 0.05) is 23.5 Å². The van der Waals surface area contributed by atoms with Crippen molar-refractivity contribution in [1.29, 1.82) is 0 Å². The maximum atomic E-state index is 12.3. The number of nitrogens with zero attached hydrogens (tertiary/aromatic N) is 1. The minimum absolute atomic E-state index is 0.0754. The number of pyridine rings is 1. The Bertz CT molecular complexity index is 613. The van der Waals surface area contributed by atoms with E-state index >= 15 is 0 Å². The number of sulfonamides is 1. The van der Waals surface area contributed by atoms with E-state index in [1.54, 1.807) is 0 Å². The monoisotopic (exact) mass is 296 g/mol. The molecule has 0 aliphatic heterocycles. The summed E-state index contributed by atoms with van der Waals surface area (Å²) in [7, 11) is -3.63. The van der Waals surface area contributed by atoms with Crippen LogP contribution in [0.1, 0.15) is 39.2 Å². The summed E-state index contributed by atoms with van der Waals surface area (Å²) < 4.78 is 27.3. The Morgan fingerprint density at radius 2 is 2.10 bits per heavy atom. The first kappa shape index (κ1) is 16.6. The van der Waals surface area contributed by atoms with E-state index in [9.17, 15) is 8.42 Å². The molecule has 110 valence electrons. The van der Waals surface area contributed by atoms with Gasteiger partial charge in [-0.1, -0.05) is 25.2 Å². The summed E-state index contributed by atoms with van der Waals surface area (Å²) in [6.45, 7) is 5.41. The van der Waals surface area contributed by atoms with Crippen LogP contribution < -0.4 is 4.72 Å². The van der Waals surface area contributed by atoms with Crippen LogP contribution in [0.25, 0.3) is 0 Å². The normalized spacial score (nSPS) is 11.8. The molecule has 0 bridgehead atoms. The Labute approximate surface area is 120 Å². The van der Waals surface area contributed by atoms with Crippen molar-refractivity contribution in [3.8, 4) is 11.8 Å². The lowest BCUT2D eigenvalue weighted by Crippen LogP contribution is -2.43. The van der Waals surface area contributed by atoms with Gasteiger partial charge < -0.3 is 5.11 Å². The van der Waals surface area contributed by atoms with Crippen LogP contribution >= 0.6 is 0 Å². The number of aliphatic hydroxyl groups is 1. The summed E-state index contributed by atoms with van der Waals surface area (Å²) in [5, 5.41) is 8.64. The van der Waals surface area contributed by atoms with E-state index in [1.807, 2.05) is 20.8 Å². The van der Waals surface area contributed by atoms with Gasteiger partial charge in [-0.3, -0.25) is 4.98 Å². The first-order chi connectivity index (χ1) is 9.30. The van der Waals surface area contributed by atoms with Crippen LogP contribution in [0, 0.1) is 11.8 Å². The van der Waals surface area contributed by atoms with Gasteiger partial charge in [0.15, 0.2) is 0 Å². The van der Waals surface area contributed by atoms with Crippen LogP contribution in [0.5, 0.6) is 0 Å². The SMILES string of the molecule is CCCC(C)(C)NS(=O)(=O)c1cncc(C#CCO)c1. The number of rotatable bonds is 5. The van der Waals surface area contributed by atoms with Crippen molar-refractivity contribution in [1.82, 2.24) is 9.71 Å². The number of hydrogen-bond donors (Lipinski definition) is 2. The molecule has 2 N–H and O–H groups in total. The van der Waals surface area contributed by atoms with E-state index < -0.39 is 15.6 Å². The highest BCUT2D eigenvalue weighted by atomic mass is 32.2. The van der Waals surface area contributed by atoms with Gasteiger partial charge in [-0.05, 0) is 26.3 Å². The van der Waals surface area contributed by atoms with Crippen LogP contribution in [-0.4, -0.2) is 30.7 Å². The highest BCUT2D eigenvalue weighted by molar-refractivity contribution is 7.89. The fourth-order valence-electron chi connectivity index (χ4n) is 1.87. The van der Waals surface area contributed by atoms with Gasteiger partial charge in [-0.15, -0.1) is 0 Å². The second-order valence-electron chi connectivity index (χ2n) is 5.11. The molecule has 1 aromatic rings. The number of aliphatic hydroxyl groups excluding tert-OH is 1. The highest BCUT2D eigenvalue weighted by Gasteiger charge is 2.25. The van der Waals surface area contributed by atoms with Gasteiger partial charge in [-0.25, -0.2) is 13.1 Å². The first-order valence-corrected chi connectivity index (χ1v) is 7.88. The van der Waals surface area contributed by atoms with E-state index in [0.29, 0.717) is 5.56 Å². The zero-order valence-corrected chi connectivity index (χ0v) is 12.8. The predicted molar refractivity (Wildman–Crippen MR) is 77.5 cm³/mol. The Balaban J connectivity index is 3.04. The number of aromatic nitrogens is 1. The van der Waals surface area contributed by atoms with Crippen molar-refractivity contribution in [3.63, 3.8) is 0 Å². The van der Waals surface area contributed by atoms with Crippen LogP contribution in [0.15, 0.2) is 23.4 Å². The lowest BCUT2D eigenvalue weighted by molar-refractivity contribution is 0.350. The average molecular weight is 296 g/mol. The highest BCUT2D eigenvalue weighted by Crippen LogP contribution is 2.17. The third-order valence-electron chi connectivity index (χ3n) is 2.62. The molecule has 0 fully saturated rings. The van der Waals surface area contributed by atoms with Crippen molar-refractivity contribution in [2.75, 3.05) is 6.61 Å². The molecule has 0 aromatic carbocycles. The van der Waals surface area contributed by atoms with Gasteiger partial charge in [0.05, 0.1) is 0 Å². The third-order valence-corrected chi connectivity index (χ3v) is 4.29. The summed E-state index contributed by atoms with van der Waals surface area (Å²) in [4.78, 5) is 3.95. The molecule has 0 unspecified atom stereocenters. The molecule has 0 radical (unpaired) electrons. The van der Waals surface area contributed by atoms with Crippen LogP contribution in [0.2, 0.25) is 0 Å². The molecule has 0 saturated heterocycles. The molecule has 5 nitrogen and oxygen atoms in total. The maximum Gasteiger partial charge on any atom is 0.242 e. The molecule has 0 aliphatic rings. The van der Waals surface area contributed by atoms with E-state index in [4.69, 9.17) is 5.11 Å². The molecule has 0 aliphatic carbocycles. The topological polar surface area (TPSA) is 79.3 Å². The molecule has 1 rings (SSSR count). The molecule has 20 heavy (non-hydrogen) atoms. The zero-order valence-electron chi connectivity index (χ0n) is 12.0. The van der Waals surface area contributed by atoms with Crippen molar-refractivity contribution in [3.05, 3.63) is 24.0 Å². The van der Waals surface area contributed by atoms with E-state index in [0.717, 1.165) is 12.8 Å². The molecule has 0 saturated carbocycles. The third kappa shape index (κ3) is 4.93. The molecule has 0 spiro atoms. The molecular weight excluding hydrogens is 276 g/mol. The summed E-state index contributed by atoms with van der Waals surface area (Å²) in [5.41, 5.74) is -0.0596. The quantitative estimate of drug-likeness (QED) is 0.802. The van der Waals surface area contributed by atoms with Gasteiger partial charge >= 0.3 is 0 Å². The summed E-state index contributed by atoms with van der Waals surface area (Å²) in [5.74, 6) is 5.10. The lowest BCUT2D eigenvalue weighted by Gasteiger charge is -2.25. The number of nitrogens with one attached hydrogen (secondary N) is 1. The van der Waals surface area contributed by atoms with Gasteiger partial charge in [0.1, 0.15) is 11.5 Å². The molecule has 0 amide bonds. The van der Waals surface area contributed by atoms with Crippen molar-refractivity contribution >= 4 is 10.0 Å². The zero-order chi connectivity index (χ0) is 15.2. The van der Waals surface area contributed by atoms with Crippen LogP contribution in [0.4, 0.5) is 0 Å². The van der Waals surface area contributed by atoms with Crippen molar-refractivity contribution < 1.29 is 13.5 Å². The van der Waals surface area contributed by atoms with Crippen LogP contribution in [-0.2, 0) is 10.0 Å². The fourth-order valence-corrected chi connectivity index (χ4v) is 3.30.